The van der Waals surface area contributed by atoms with Gasteiger partial charge in [-0.05, 0) is 38.2 Å². The van der Waals surface area contributed by atoms with Crippen molar-refractivity contribution in [3.05, 3.63) is 28.8 Å². The number of ether oxygens (including phenoxy) is 2. The van der Waals surface area contributed by atoms with E-state index in [1.807, 2.05) is 18.2 Å². The molecule has 0 saturated carbocycles. The number of benzene rings is 1. The van der Waals surface area contributed by atoms with E-state index in [0.29, 0.717) is 18.2 Å². The van der Waals surface area contributed by atoms with Crippen molar-refractivity contribution in [2.24, 2.45) is 0 Å². The molecule has 0 atom stereocenters. The minimum atomic E-state index is 0.667. The predicted octanol–water partition coefficient (Wildman–Crippen LogP) is 2.41. The second-order valence-electron chi connectivity index (χ2n) is 4.94. The van der Waals surface area contributed by atoms with Crippen molar-refractivity contribution in [2.45, 2.75) is 13.0 Å². The lowest BCUT2D eigenvalue weighted by Crippen LogP contribution is -2.18. The molecule has 0 unspecified atom stereocenters. The minimum Gasteiger partial charge on any atom is -0.492 e. The van der Waals surface area contributed by atoms with Gasteiger partial charge in [0.05, 0.1) is 18.2 Å². The highest BCUT2D eigenvalue weighted by Gasteiger charge is 2.03. The molecule has 0 aliphatic carbocycles. The summed E-state index contributed by atoms with van der Waals surface area (Å²) in [5.41, 5.74) is 1.15. The molecule has 4 nitrogen and oxygen atoms in total. The van der Waals surface area contributed by atoms with Crippen LogP contribution in [0.25, 0.3) is 0 Å². The molecule has 0 fully saturated rings. The summed E-state index contributed by atoms with van der Waals surface area (Å²) < 4.78 is 10.7. The van der Waals surface area contributed by atoms with Gasteiger partial charge in [0.2, 0.25) is 0 Å². The molecule has 5 heteroatoms. The van der Waals surface area contributed by atoms with Gasteiger partial charge in [0, 0.05) is 26.7 Å². The Morgan fingerprint density at radius 2 is 2.05 bits per heavy atom. The summed E-state index contributed by atoms with van der Waals surface area (Å²) in [4.78, 5) is 2.14. The average Bonchev–Trinajstić information content (AvgIpc) is 2.41. The van der Waals surface area contributed by atoms with Crippen LogP contribution in [0.5, 0.6) is 5.75 Å². The molecular weight excluding hydrogens is 276 g/mol. The maximum Gasteiger partial charge on any atom is 0.137 e. The van der Waals surface area contributed by atoms with E-state index in [2.05, 4.69) is 24.3 Å². The third kappa shape index (κ3) is 7.10. The van der Waals surface area contributed by atoms with Crippen molar-refractivity contribution in [1.29, 1.82) is 0 Å². The van der Waals surface area contributed by atoms with Gasteiger partial charge in [-0.1, -0.05) is 17.7 Å². The monoisotopic (exact) mass is 300 g/mol. The molecule has 1 aromatic rings. The highest BCUT2D eigenvalue weighted by molar-refractivity contribution is 6.32. The zero-order chi connectivity index (χ0) is 14.8. The van der Waals surface area contributed by atoms with E-state index in [1.165, 1.54) is 0 Å². The molecule has 0 bridgehead atoms. The first kappa shape index (κ1) is 17.2. The quantitative estimate of drug-likeness (QED) is 0.673. The second kappa shape index (κ2) is 10.00. The van der Waals surface area contributed by atoms with Crippen molar-refractivity contribution >= 4 is 11.6 Å². The summed E-state index contributed by atoms with van der Waals surface area (Å²) in [7, 11) is 5.80. The van der Waals surface area contributed by atoms with E-state index in [0.717, 1.165) is 37.4 Å². The third-order valence-electron chi connectivity index (χ3n) is 2.82. The molecule has 1 rings (SSSR count). The maximum atomic E-state index is 6.22. The number of rotatable bonds is 10. The summed E-state index contributed by atoms with van der Waals surface area (Å²) in [6.45, 7) is 4.02. The fourth-order valence-corrected chi connectivity index (χ4v) is 2.00. The van der Waals surface area contributed by atoms with Crippen LogP contribution in [0.4, 0.5) is 0 Å². The Morgan fingerprint density at radius 3 is 2.70 bits per heavy atom. The van der Waals surface area contributed by atoms with Crippen LogP contribution >= 0.6 is 11.6 Å². The lowest BCUT2D eigenvalue weighted by Gasteiger charge is -2.12. The highest BCUT2D eigenvalue weighted by Crippen LogP contribution is 2.25. The molecule has 114 valence electrons. The Bertz CT molecular complexity index is 386. The van der Waals surface area contributed by atoms with Crippen LogP contribution in [0.15, 0.2) is 18.2 Å². The Labute approximate surface area is 127 Å². The number of nitrogens with one attached hydrogen (secondary N) is 1. The van der Waals surface area contributed by atoms with Gasteiger partial charge in [-0.25, -0.2) is 0 Å². The van der Waals surface area contributed by atoms with Crippen LogP contribution in [0, 0.1) is 0 Å². The number of halogens is 1. The first-order chi connectivity index (χ1) is 9.63. The summed E-state index contributed by atoms with van der Waals surface area (Å²) in [5, 5.41) is 3.95. The molecule has 0 saturated heterocycles. The van der Waals surface area contributed by atoms with Gasteiger partial charge in [0.15, 0.2) is 0 Å². The van der Waals surface area contributed by atoms with Crippen LogP contribution in [0.1, 0.15) is 12.0 Å². The summed E-state index contributed by atoms with van der Waals surface area (Å²) in [6.07, 6.45) is 0.990. The normalized spacial score (nSPS) is 11.1. The Kier molecular flexibility index (Phi) is 8.62. The zero-order valence-electron chi connectivity index (χ0n) is 12.6. The molecule has 0 aromatic heterocycles. The van der Waals surface area contributed by atoms with Crippen LogP contribution in [-0.4, -0.2) is 52.4 Å². The van der Waals surface area contributed by atoms with Gasteiger partial charge < -0.3 is 19.7 Å². The molecule has 0 aliphatic rings. The molecular formula is C15H25ClN2O2. The van der Waals surface area contributed by atoms with E-state index in [9.17, 15) is 0 Å². The van der Waals surface area contributed by atoms with Gasteiger partial charge in [-0.3, -0.25) is 0 Å². The average molecular weight is 301 g/mol. The number of hydrogen-bond acceptors (Lipinski definition) is 4. The van der Waals surface area contributed by atoms with Crippen LogP contribution in [0.2, 0.25) is 5.02 Å². The van der Waals surface area contributed by atoms with Gasteiger partial charge >= 0.3 is 0 Å². The first-order valence-electron chi connectivity index (χ1n) is 6.89. The van der Waals surface area contributed by atoms with Gasteiger partial charge in [0.25, 0.3) is 0 Å². The predicted molar refractivity (Wildman–Crippen MR) is 83.7 cm³/mol. The zero-order valence-corrected chi connectivity index (χ0v) is 13.4. The van der Waals surface area contributed by atoms with Gasteiger partial charge in [0.1, 0.15) is 5.75 Å². The molecule has 0 amide bonds. The third-order valence-corrected chi connectivity index (χ3v) is 3.11. The Balaban J connectivity index is 2.35. The van der Waals surface area contributed by atoms with Gasteiger partial charge in [-0.15, -0.1) is 0 Å². The lowest BCUT2D eigenvalue weighted by atomic mass is 10.2. The number of hydrogen-bond donors (Lipinski definition) is 1. The first-order valence-corrected chi connectivity index (χ1v) is 7.27. The number of nitrogens with zero attached hydrogens (tertiary/aromatic N) is 1. The summed E-state index contributed by atoms with van der Waals surface area (Å²) in [5.74, 6) is 0.756. The molecule has 0 heterocycles. The lowest BCUT2D eigenvalue weighted by molar-refractivity contribution is 0.199. The Morgan fingerprint density at radius 1 is 1.25 bits per heavy atom. The van der Waals surface area contributed by atoms with Crippen molar-refractivity contribution in [3.63, 3.8) is 0 Å². The highest BCUT2D eigenvalue weighted by atomic mass is 35.5. The van der Waals surface area contributed by atoms with E-state index >= 15 is 0 Å². The summed E-state index contributed by atoms with van der Waals surface area (Å²) in [6, 6.07) is 5.92. The molecule has 0 radical (unpaired) electrons. The molecule has 0 aliphatic heterocycles. The van der Waals surface area contributed by atoms with Crippen molar-refractivity contribution < 1.29 is 9.47 Å². The molecule has 1 aromatic carbocycles. The summed E-state index contributed by atoms with van der Waals surface area (Å²) >= 11 is 6.22. The largest absolute Gasteiger partial charge is 0.492 e. The van der Waals surface area contributed by atoms with Crippen molar-refractivity contribution in [2.75, 3.05) is 47.5 Å². The van der Waals surface area contributed by atoms with E-state index in [1.54, 1.807) is 7.11 Å². The Hall–Kier alpha value is -0.810. The molecule has 1 N–H and O–H groups in total. The van der Waals surface area contributed by atoms with Crippen molar-refractivity contribution in [3.8, 4) is 5.75 Å². The molecule has 0 spiro atoms. The fraction of sp³-hybridized carbons (Fsp3) is 0.600. The van der Waals surface area contributed by atoms with E-state index in [4.69, 9.17) is 21.1 Å². The second-order valence-corrected chi connectivity index (χ2v) is 5.35. The van der Waals surface area contributed by atoms with Crippen LogP contribution in [0.3, 0.4) is 0 Å². The van der Waals surface area contributed by atoms with Crippen molar-refractivity contribution in [1.82, 2.24) is 10.2 Å². The maximum absolute atomic E-state index is 6.22. The van der Waals surface area contributed by atoms with Crippen LogP contribution < -0.4 is 10.1 Å². The number of methoxy groups -OCH3 is 1. The smallest absolute Gasteiger partial charge is 0.137 e. The minimum absolute atomic E-state index is 0.667. The standard InChI is InChI=1S/C15H25ClN2O2/c1-18(2)8-4-9-20-15-6-5-13(11-14(15)16)12-17-7-10-19-3/h5-6,11,17H,4,7-10,12H2,1-3H3. The van der Waals surface area contributed by atoms with Gasteiger partial charge in [-0.2, -0.15) is 0 Å². The van der Waals surface area contributed by atoms with E-state index < -0.39 is 0 Å². The van der Waals surface area contributed by atoms with E-state index in [-0.39, 0.29) is 0 Å². The molecule has 20 heavy (non-hydrogen) atoms. The SMILES string of the molecule is COCCNCc1ccc(OCCCN(C)C)c(Cl)c1. The topological polar surface area (TPSA) is 33.7 Å². The fourth-order valence-electron chi connectivity index (χ4n) is 1.74. The van der Waals surface area contributed by atoms with Crippen LogP contribution in [-0.2, 0) is 11.3 Å².